The lowest BCUT2D eigenvalue weighted by Gasteiger charge is -2.16. The standard InChI is InChI=1S/C26H24N2O3S/c1-17-8-3-6-11-22(17)28-26(30)21-14-19-9-4-5-10-20(19)15-23(21)31-16-25(29)27-18(2)24-12-7-13-32-24/h3-15,18H,16H2,1-2H3,(H,27,29)(H,28,30). The average molecular weight is 445 g/mol. The average Bonchev–Trinajstić information content (AvgIpc) is 3.34. The first-order valence-corrected chi connectivity index (χ1v) is 11.2. The smallest absolute Gasteiger partial charge is 0.259 e. The molecular weight excluding hydrogens is 420 g/mol. The van der Waals surface area contributed by atoms with Crippen LogP contribution in [0.1, 0.15) is 33.8 Å². The van der Waals surface area contributed by atoms with Crippen LogP contribution in [-0.2, 0) is 4.79 Å². The van der Waals surface area contributed by atoms with Gasteiger partial charge >= 0.3 is 0 Å². The zero-order valence-corrected chi connectivity index (χ0v) is 18.7. The number of nitrogens with one attached hydrogen (secondary N) is 2. The Labute approximate surface area is 191 Å². The highest BCUT2D eigenvalue weighted by atomic mass is 32.1. The van der Waals surface area contributed by atoms with Gasteiger partial charge in [0.05, 0.1) is 11.6 Å². The summed E-state index contributed by atoms with van der Waals surface area (Å²) in [6.07, 6.45) is 0. The fourth-order valence-electron chi connectivity index (χ4n) is 3.45. The number of thiophene rings is 1. The largest absolute Gasteiger partial charge is 0.483 e. The van der Waals surface area contributed by atoms with Crippen LogP contribution in [-0.4, -0.2) is 18.4 Å². The van der Waals surface area contributed by atoms with Crippen LogP contribution in [0.5, 0.6) is 5.75 Å². The lowest BCUT2D eigenvalue weighted by molar-refractivity contribution is -0.123. The van der Waals surface area contributed by atoms with Crippen LogP contribution in [0, 0.1) is 6.92 Å². The van der Waals surface area contributed by atoms with Gasteiger partial charge in [-0.25, -0.2) is 0 Å². The van der Waals surface area contributed by atoms with E-state index >= 15 is 0 Å². The van der Waals surface area contributed by atoms with Gasteiger partial charge in [-0.15, -0.1) is 11.3 Å². The first-order chi connectivity index (χ1) is 15.5. The molecule has 4 aromatic rings. The number of aryl methyl sites for hydroxylation is 1. The summed E-state index contributed by atoms with van der Waals surface area (Å²) in [4.78, 5) is 26.7. The number of fused-ring (bicyclic) bond motifs is 1. The first-order valence-electron chi connectivity index (χ1n) is 10.4. The molecular formula is C26H24N2O3S. The number of rotatable bonds is 7. The quantitative estimate of drug-likeness (QED) is 0.383. The lowest BCUT2D eigenvalue weighted by Crippen LogP contribution is -2.31. The number of carbonyl (C=O) groups is 2. The van der Waals surface area contributed by atoms with E-state index in [1.54, 1.807) is 23.5 Å². The molecule has 0 bridgehead atoms. The highest BCUT2D eigenvalue weighted by Crippen LogP contribution is 2.28. The van der Waals surface area contributed by atoms with Gasteiger partial charge in [0.2, 0.25) is 0 Å². The molecule has 1 aromatic heterocycles. The van der Waals surface area contributed by atoms with E-state index in [4.69, 9.17) is 4.74 Å². The second kappa shape index (κ2) is 9.66. The Balaban J connectivity index is 1.55. The Kier molecular flexibility index (Phi) is 6.52. The molecule has 32 heavy (non-hydrogen) atoms. The highest BCUT2D eigenvalue weighted by molar-refractivity contribution is 7.10. The molecule has 0 spiro atoms. The third kappa shape index (κ3) is 4.98. The molecule has 3 aromatic carbocycles. The summed E-state index contributed by atoms with van der Waals surface area (Å²) in [6, 6.07) is 22.8. The maximum Gasteiger partial charge on any atom is 0.259 e. The minimum Gasteiger partial charge on any atom is -0.483 e. The second-order valence-corrected chi connectivity index (χ2v) is 8.54. The van der Waals surface area contributed by atoms with E-state index in [2.05, 4.69) is 10.6 Å². The molecule has 162 valence electrons. The number of anilines is 1. The van der Waals surface area contributed by atoms with Gasteiger partial charge in [0.1, 0.15) is 5.75 Å². The van der Waals surface area contributed by atoms with Gasteiger partial charge in [-0.2, -0.15) is 0 Å². The van der Waals surface area contributed by atoms with Crippen molar-refractivity contribution in [3.63, 3.8) is 0 Å². The predicted molar refractivity (Wildman–Crippen MR) is 129 cm³/mol. The molecule has 0 saturated carbocycles. The van der Waals surface area contributed by atoms with E-state index in [9.17, 15) is 9.59 Å². The Morgan fingerprint density at radius 3 is 2.41 bits per heavy atom. The summed E-state index contributed by atoms with van der Waals surface area (Å²) in [5.41, 5.74) is 2.08. The normalized spacial score (nSPS) is 11.7. The summed E-state index contributed by atoms with van der Waals surface area (Å²) in [6.45, 7) is 3.69. The third-order valence-electron chi connectivity index (χ3n) is 5.19. The van der Waals surface area contributed by atoms with Gasteiger partial charge < -0.3 is 15.4 Å². The highest BCUT2D eigenvalue weighted by Gasteiger charge is 2.17. The second-order valence-electron chi connectivity index (χ2n) is 7.56. The number of amides is 2. The molecule has 0 fully saturated rings. The third-order valence-corrected chi connectivity index (χ3v) is 6.25. The van der Waals surface area contributed by atoms with E-state index < -0.39 is 0 Å². The van der Waals surface area contributed by atoms with E-state index in [1.165, 1.54) is 0 Å². The molecule has 1 atom stereocenters. The van der Waals surface area contributed by atoms with Gasteiger partial charge in [-0.1, -0.05) is 48.5 Å². The molecule has 4 rings (SSSR count). The van der Waals surface area contributed by atoms with Crippen LogP contribution in [0.2, 0.25) is 0 Å². The zero-order valence-electron chi connectivity index (χ0n) is 17.9. The van der Waals surface area contributed by atoms with E-state index in [1.807, 2.05) is 79.9 Å². The number of hydrogen-bond acceptors (Lipinski definition) is 4. The van der Waals surface area contributed by atoms with Gasteiger partial charge in [-0.3, -0.25) is 9.59 Å². The van der Waals surface area contributed by atoms with E-state index in [0.717, 1.165) is 26.9 Å². The fourth-order valence-corrected chi connectivity index (χ4v) is 4.19. The SMILES string of the molecule is Cc1ccccc1NC(=O)c1cc2ccccc2cc1OCC(=O)NC(C)c1cccs1. The van der Waals surface area contributed by atoms with Crippen molar-refractivity contribution in [3.05, 3.63) is 94.2 Å². The van der Waals surface area contributed by atoms with Crippen LogP contribution in [0.4, 0.5) is 5.69 Å². The van der Waals surface area contributed by atoms with Crippen LogP contribution >= 0.6 is 11.3 Å². The summed E-state index contributed by atoms with van der Waals surface area (Å²) in [5, 5.41) is 9.71. The molecule has 2 amide bonds. The minimum absolute atomic E-state index is 0.105. The van der Waals surface area contributed by atoms with Crippen LogP contribution < -0.4 is 15.4 Å². The Bertz CT molecular complexity index is 1250. The molecule has 0 aliphatic carbocycles. The first kappa shape index (κ1) is 21.6. The molecule has 2 N–H and O–H groups in total. The van der Waals surface area contributed by atoms with Crippen LogP contribution in [0.3, 0.4) is 0 Å². The van der Waals surface area contributed by atoms with Crippen molar-refractivity contribution in [2.75, 3.05) is 11.9 Å². The fraction of sp³-hybridized carbons (Fsp3) is 0.154. The minimum atomic E-state index is -0.285. The predicted octanol–water partition coefficient (Wildman–Crippen LogP) is 5.72. The Morgan fingerprint density at radius 1 is 0.969 bits per heavy atom. The molecule has 5 nitrogen and oxygen atoms in total. The van der Waals surface area contributed by atoms with Crippen molar-refractivity contribution in [1.29, 1.82) is 0 Å². The zero-order chi connectivity index (χ0) is 22.5. The molecule has 6 heteroatoms. The van der Waals surface area contributed by atoms with Crippen molar-refractivity contribution in [2.45, 2.75) is 19.9 Å². The van der Waals surface area contributed by atoms with Crippen molar-refractivity contribution >= 4 is 39.6 Å². The van der Waals surface area contributed by atoms with Gasteiger partial charge in [0.25, 0.3) is 11.8 Å². The number of ether oxygens (including phenoxy) is 1. The summed E-state index contributed by atoms with van der Waals surface area (Å²) in [5.74, 6) is -0.162. The van der Waals surface area contributed by atoms with Crippen LogP contribution in [0.25, 0.3) is 10.8 Å². The monoisotopic (exact) mass is 444 g/mol. The number of benzene rings is 3. The molecule has 0 radical (unpaired) electrons. The summed E-state index contributed by atoms with van der Waals surface area (Å²) in [7, 11) is 0. The summed E-state index contributed by atoms with van der Waals surface area (Å²) < 4.78 is 5.84. The molecule has 1 unspecified atom stereocenters. The lowest BCUT2D eigenvalue weighted by atomic mass is 10.0. The number of carbonyl (C=O) groups excluding carboxylic acids is 2. The van der Waals surface area contributed by atoms with E-state index in [-0.39, 0.29) is 24.5 Å². The number of para-hydroxylation sites is 1. The van der Waals surface area contributed by atoms with Gasteiger partial charge in [-0.05, 0) is 59.8 Å². The van der Waals surface area contributed by atoms with Crippen LogP contribution in [0.15, 0.2) is 78.2 Å². The molecule has 1 heterocycles. The van der Waals surface area contributed by atoms with Crippen molar-refractivity contribution in [1.82, 2.24) is 5.32 Å². The maximum absolute atomic E-state index is 13.1. The van der Waals surface area contributed by atoms with Crippen molar-refractivity contribution in [2.24, 2.45) is 0 Å². The molecule has 0 aliphatic rings. The molecule has 0 saturated heterocycles. The topological polar surface area (TPSA) is 67.4 Å². The van der Waals surface area contributed by atoms with E-state index in [0.29, 0.717) is 11.3 Å². The number of hydrogen-bond donors (Lipinski definition) is 2. The van der Waals surface area contributed by atoms with Crippen molar-refractivity contribution in [3.8, 4) is 5.75 Å². The Hall–Kier alpha value is -3.64. The van der Waals surface area contributed by atoms with Gasteiger partial charge in [0.15, 0.2) is 6.61 Å². The Morgan fingerprint density at radius 2 is 1.69 bits per heavy atom. The van der Waals surface area contributed by atoms with Gasteiger partial charge in [0, 0.05) is 10.6 Å². The summed E-state index contributed by atoms with van der Waals surface area (Å²) >= 11 is 1.59. The molecule has 0 aliphatic heterocycles. The van der Waals surface area contributed by atoms with Crippen molar-refractivity contribution < 1.29 is 14.3 Å². The maximum atomic E-state index is 13.1.